The Hall–Kier alpha value is -1.84. The molecule has 0 fully saturated rings. The molecule has 0 radical (unpaired) electrons. The highest BCUT2D eigenvalue weighted by atomic mass is 32.2. The van der Waals surface area contributed by atoms with Gasteiger partial charge in [-0.1, -0.05) is 12.1 Å². The van der Waals surface area contributed by atoms with Crippen molar-refractivity contribution >= 4 is 31.6 Å². The fourth-order valence-corrected chi connectivity index (χ4v) is 5.30. The first-order chi connectivity index (χ1) is 11.3. The Balaban J connectivity index is 2.26. The van der Waals surface area contributed by atoms with Crippen LogP contribution in [0.25, 0.3) is 10.2 Å². The molecule has 24 heavy (non-hydrogen) atoms. The van der Waals surface area contributed by atoms with Gasteiger partial charge in [-0.2, -0.15) is 13.2 Å². The summed E-state index contributed by atoms with van der Waals surface area (Å²) in [6, 6.07) is 5.92. The average Bonchev–Trinajstić information content (AvgIpc) is 3.10. The van der Waals surface area contributed by atoms with Crippen LogP contribution in [0.15, 0.2) is 46.8 Å². The summed E-state index contributed by atoms with van der Waals surface area (Å²) in [5.74, 6) is 0. The zero-order chi connectivity index (χ0) is 17.5. The minimum atomic E-state index is -4.76. The van der Waals surface area contributed by atoms with Gasteiger partial charge in [0.25, 0.3) is 10.0 Å². The number of alkyl halides is 3. The Morgan fingerprint density at radius 1 is 1.17 bits per heavy atom. The lowest BCUT2D eigenvalue weighted by Crippen LogP contribution is -2.18. The smallest absolute Gasteiger partial charge is 0.330 e. The second kappa shape index (κ2) is 5.91. The molecule has 3 rings (SSSR count). The number of hydrogen-bond acceptors (Lipinski definition) is 4. The molecule has 0 bridgehead atoms. The molecule has 2 heterocycles. The Bertz CT molecular complexity index is 988. The van der Waals surface area contributed by atoms with Crippen molar-refractivity contribution in [1.82, 2.24) is 3.97 Å². The highest BCUT2D eigenvalue weighted by Crippen LogP contribution is 2.37. The Morgan fingerprint density at radius 2 is 1.88 bits per heavy atom. The zero-order valence-electron chi connectivity index (χ0n) is 12.2. The van der Waals surface area contributed by atoms with E-state index < -0.39 is 26.7 Å². The number of nitrogens with two attached hydrogens (primary N) is 1. The Labute approximate surface area is 140 Å². The van der Waals surface area contributed by atoms with Gasteiger partial charge in [0.1, 0.15) is 9.73 Å². The molecule has 0 aliphatic heterocycles. The van der Waals surface area contributed by atoms with E-state index in [9.17, 15) is 21.6 Å². The molecule has 3 aromatic rings. The molecule has 0 aliphatic rings. The summed E-state index contributed by atoms with van der Waals surface area (Å²) in [6.45, 7) is 0.314. The first-order valence-corrected chi connectivity index (χ1v) is 9.28. The van der Waals surface area contributed by atoms with Crippen LogP contribution < -0.4 is 5.73 Å². The lowest BCUT2D eigenvalue weighted by molar-refractivity contribution is -0.139. The van der Waals surface area contributed by atoms with Crippen molar-refractivity contribution in [2.24, 2.45) is 5.73 Å². The molecule has 1 aromatic carbocycles. The van der Waals surface area contributed by atoms with E-state index in [1.807, 2.05) is 0 Å². The van der Waals surface area contributed by atoms with Crippen LogP contribution in [0.5, 0.6) is 0 Å². The maximum absolute atomic E-state index is 13.2. The summed E-state index contributed by atoms with van der Waals surface area (Å²) >= 11 is 1.16. The number of hydrogen-bond donors (Lipinski definition) is 1. The predicted molar refractivity (Wildman–Crippen MR) is 86.6 cm³/mol. The predicted octanol–water partition coefficient (Wildman–Crippen LogP) is 3.46. The molecular weight excluding hydrogens is 361 g/mol. The van der Waals surface area contributed by atoms with Crippen LogP contribution in [0.4, 0.5) is 13.2 Å². The second-order valence-electron chi connectivity index (χ2n) is 5.13. The number of thiophene rings is 1. The molecule has 0 spiro atoms. The van der Waals surface area contributed by atoms with Crippen LogP contribution in [-0.4, -0.2) is 18.9 Å². The average molecular weight is 374 g/mol. The van der Waals surface area contributed by atoms with E-state index in [4.69, 9.17) is 5.73 Å². The van der Waals surface area contributed by atoms with Gasteiger partial charge in [0.2, 0.25) is 0 Å². The van der Waals surface area contributed by atoms with Crippen LogP contribution in [0, 0.1) is 0 Å². The Kier molecular flexibility index (Phi) is 4.18. The quantitative estimate of drug-likeness (QED) is 0.761. The van der Waals surface area contributed by atoms with E-state index in [-0.39, 0.29) is 0 Å². The highest BCUT2D eigenvalue weighted by Gasteiger charge is 2.37. The van der Waals surface area contributed by atoms with Gasteiger partial charge in [0.15, 0.2) is 0 Å². The van der Waals surface area contributed by atoms with Gasteiger partial charge in [0.05, 0.1) is 5.56 Å². The number of aromatic nitrogens is 1. The van der Waals surface area contributed by atoms with Gasteiger partial charge in [-0.05, 0) is 42.1 Å². The van der Waals surface area contributed by atoms with Gasteiger partial charge in [-0.3, -0.25) is 0 Å². The molecule has 9 heteroatoms. The number of halogens is 3. The van der Waals surface area contributed by atoms with Crippen molar-refractivity contribution in [3.8, 4) is 0 Å². The van der Waals surface area contributed by atoms with Gasteiger partial charge < -0.3 is 5.73 Å². The fraction of sp³-hybridized carbons (Fsp3) is 0.200. The van der Waals surface area contributed by atoms with Crippen LogP contribution in [-0.2, 0) is 22.6 Å². The molecule has 0 unspecified atom stereocenters. The van der Waals surface area contributed by atoms with Crippen LogP contribution in [0.3, 0.4) is 0 Å². The molecule has 0 atom stereocenters. The van der Waals surface area contributed by atoms with Gasteiger partial charge in [-0.15, -0.1) is 11.3 Å². The molecule has 2 N–H and O–H groups in total. The van der Waals surface area contributed by atoms with Gasteiger partial charge >= 0.3 is 6.18 Å². The van der Waals surface area contributed by atoms with Crippen molar-refractivity contribution in [2.75, 3.05) is 6.54 Å². The van der Waals surface area contributed by atoms with E-state index >= 15 is 0 Å². The van der Waals surface area contributed by atoms with E-state index in [1.165, 1.54) is 12.3 Å². The van der Waals surface area contributed by atoms with Crippen LogP contribution in [0.2, 0.25) is 0 Å². The molecule has 0 saturated carbocycles. The molecule has 2 aromatic heterocycles. The second-order valence-corrected chi connectivity index (χ2v) is 7.81. The minimum absolute atomic E-state index is 0.314. The third-order valence-electron chi connectivity index (χ3n) is 3.61. The van der Waals surface area contributed by atoms with E-state index in [1.54, 1.807) is 11.4 Å². The number of rotatable bonds is 4. The molecule has 0 saturated heterocycles. The lowest BCUT2D eigenvalue weighted by atomic mass is 10.2. The number of nitrogens with zero attached hydrogens (tertiary/aromatic N) is 1. The van der Waals surface area contributed by atoms with Crippen LogP contribution in [0.1, 0.15) is 11.1 Å². The van der Waals surface area contributed by atoms with Gasteiger partial charge in [0, 0.05) is 11.6 Å². The highest BCUT2D eigenvalue weighted by molar-refractivity contribution is 7.90. The first kappa shape index (κ1) is 17.0. The normalized spacial score (nSPS) is 12.8. The summed E-state index contributed by atoms with van der Waals surface area (Å²) in [5.41, 5.74) is 5.05. The maximum atomic E-state index is 13.2. The molecule has 0 amide bonds. The minimum Gasteiger partial charge on any atom is -0.330 e. The summed E-state index contributed by atoms with van der Waals surface area (Å²) in [7, 11) is -4.38. The summed E-state index contributed by atoms with van der Waals surface area (Å²) in [4.78, 5) is -0.377. The summed E-state index contributed by atoms with van der Waals surface area (Å²) < 4.78 is 66.2. The Morgan fingerprint density at radius 3 is 2.54 bits per heavy atom. The summed E-state index contributed by atoms with van der Waals surface area (Å²) in [5, 5.41) is 2.39. The van der Waals surface area contributed by atoms with Crippen molar-refractivity contribution < 1.29 is 21.6 Å². The SMILES string of the molecule is NCCc1cn(S(=O)(=O)c2ccccc2C(F)(F)F)c2sccc12. The van der Waals surface area contributed by atoms with Crippen molar-refractivity contribution in [2.45, 2.75) is 17.5 Å². The van der Waals surface area contributed by atoms with Crippen molar-refractivity contribution in [3.05, 3.63) is 53.0 Å². The topological polar surface area (TPSA) is 65.1 Å². The maximum Gasteiger partial charge on any atom is 0.417 e. The molecular formula is C15H13F3N2O2S2. The van der Waals surface area contributed by atoms with Crippen molar-refractivity contribution in [1.29, 1.82) is 0 Å². The number of fused-ring (bicyclic) bond motifs is 1. The van der Waals surface area contributed by atoms with E-state index in [0.717, 1.165) is 33.5 Å². The standard InChI is InChI=1S/C15H13F3N2O2S2/c16-15(17,18)12-3-1-2-4-13(12)24(21,22)20-9-10(5-7-19)11-6-8-23-14(11)20/h1-4,6,8-9H,5,7,19H2. The third kappa shape index (κ3) is 2.72. The zero-order valence-corrected chi connectivity index (χ0v) is 13.9. The lowest BCUT2D eigenvalue weighted by Gasteiger charge is -2.13. The first-order valence-electron chi connectivity index (χ1n) is 6.96. The molecule has 4 nitrogen and oxygen atoms in total. The van der Waals surface area contributed by atoms with Crippen molar-refractivity contribution in [3.63, 3.8) is 0 Å². The summed E-state index contributed by atoms with van der Waals surface area (Å²) in [6.07, 6.45) is -2.96. The monoisotopic (exact) mass is 374 g/mol. The van der Waals surface area contributed by atoms with Gasteiger partial charge in [-0.25, -0.2) is 12.4 Å². The number of benzene rings is 1. The third-order valence-corrected chi connectivity index (χ3v) is 6.35. The molecule has 0 aliphatic carbocycles. The fourth-order valence-electron chi connectivity index (χ4n) is 2.55. The van der Waals surface area contributed by atoms with E-state index in [0.29, 0.717) is 28.7 Å². The van der Waals surface area contributed by atoms with Crippen LogP contribution >= 0.6 is 11.3 Å². The largest absolute Gasteiger partial charge is 0.417 e. The van der Waals surface area contributed by atoms with E-state index in [2.05, 4.69) is 0 Å². The molecule has 128 valence electrons.